The van der Waals surface area contributed by atoms with Crippen LogP contribution in [-0.4, -0.2) is 46.1 Å². The highest BCUT2D eigenvalue weighted by Crippen LogP contribution is 2.38. The largest absolute Gasteiger partial charge is 0.481 e. The number of nitrogens with zero attached hydrogens (tertiary/aromatic N) is 4. The number of rotatable bonds is 3. The van der Waals surface area contributed by atoms with Crippen molar-refractivity contribution in [1.29, 1.82) is 0 Å². The lowest BCUT2D eigenvalue weighted by atomic mass is 9.87. The third-order valence-corrected chi connectivity index (χ3v) is 8.96. The molecule has 1 aliphatic rings. The zero-order valence-corrected chi connectivity index (χ0v) is 25.8. The molecule has 4 heterocycles. The predicted molar refractivity (Wildman–Crippen MR) is 169 cm³/mol. The summed E-state index contributed by atoms with van der Waals surface area (Å²) < 4.78 is 54.5. The van der Waals surface area contributed by atoms with Crippen LogP contribution in [0.3, 0.4) is 0 Å². The molecule has 7 rings (SSSR count). The quantitative estimate of drug-likeness (QED) is 0.156. The van der Waals surface area contributed by atoms with Gasteiger partial charge in [-0.2, -0.15) is 0 Å². The Labute approximate surface area is 272 Å². The van der Waals surface area contributed by atoms with Gasteiger partial charge < -0.3 is 24.9 Å². The summed E-state index contributed by atoms with van der Waals surface area (Å²) in [7, 11) is 0. The molecule has 3 aromatic carbocycles. The Bertz CT molecular complexity index is 2140. The van der Waals surface area contributed by atoms with Crippen molar-refractivity contribution in [3.05, 3.63) is 113 Å². The molecule has 10 nitrogen and oxygen atoms in total. The van der Waals surface area contributed by atoms with Crippen LogP contribution in [0.5, 0.6) is 11.5 Å². The zero-order valence-electron chi connectivity index (χ0n) is 25.8. The summed E-state index contributed by atoms with van der Waals surface area (Å²) in [5.74, 6) is -4.51. The van der Waals surface area contributed by atoms with E-state index < -0.39 is 41.4 Å². The molecule has 13 heteroatoms. The van der Waals surface area contributed by atoms with Gasteiger partial charge in [0, 0.05) is 52.1 Å². The molecule has 0 aliphatic carbocycles. The number of aliphatic carboxylic acids is 1. The Morgan fingerprint density at radius 1 is 1.08 bits per heavy atom. The van der Waals surface area contributed by atoms with Gasteiger partial charge in [0.15, 0.2) is 11.6 Å². The Balaban J connectivity index is 1.34. The first-order chi connectivity index (χ1) is 23.2. The van der Waals surface area contributed by atoms with Crippen LogP contribution in [0, 0.1) is 17.5 Å². The lowest BCUT2D eigenvalue weighted by Gasteiger charge is -2.20. The van der Waals surface area contributed by atoms with Gasteiger partial charge in [0.05, 0.1) is 30.3 Å². The van der Waals surface area contributed by atoms with Crippen molar-refractivity contribution in [2.75, 3.05) is 0 Å². The van der Waals surface area contributed by atoms with E-state index in [0.717, 1.165) is 0 Å². The van der Waals surface area contributed by atoms with Gasteiger partial charge in [0.2, 0.25) is 0 Å². The molecule has 0 saturated carbocycles. The van der Waals surface area contributed by atoms with Gasteiger partial charge in [-0.25, -0.2) is 22.8 Å². The molecular formula is C35H31F3N6O4. The maximum absolute atomic E-state index is 16.0. The maximum Gasteiger partial charge on any atom is 0.310 e. The lowest BCUT2D eigenvalue weighted by Crippen LogP contribution is -2.13. The summed E-state index contributed by atoms with van der Waals surface area (Å²) in [6.45, 7) is 1.50. The number of hydrogen-bond acceptors (Lipinski definition) is 6. The maximum atomic E-state index is 16.0. The Hall–Kier alpha value is -5.43. The Morgan fingerprint density at radius 2 is 1.92 bits per heavy atom. The molecule has 0 amide bonds. The van der Waals surface area contributed by atoms with E-state index in [2.05, 4.69) is 25.3 Å². The fraction of sp³-hybridized carbons (Fsp3) is 0.257. The summed E-state index contributed by atoms with van der Waals surface area (Å²) in [5, 5.41) is 29.5. The van der Waals surface area contributed by atoms with Crippen LogP contribution < -0.4 is 4.74 Å². The van der Waals surface area contributed by atoms with Crippen molar-refractivity contribution >= 4 is 16.9 Å². The fourth-order valence-electron chi connectivity index (χ4n) is 6.33. The summed E-state index contributed by atoms with van der Waals surface area (Å²) in [4.78, 5) is 22.3. The molecule has 1 aliphatic heterocycles. The number of hydrogen-bond donors (Lipinski definition) is 4. The van der Waals surface area contributed by atoms with E-state index in [9.17, 15) is 15.0 Å². The van der Waals surface area contributed by atoms with Crippen LogP contribution in [0.4, 0.5) is 13.2 Å². The minimum Gasteiger partial charge on any atom is -0.481 e. The number of H-pyrrole nitrogens is 2. The number of nitrogens with one attached hydrogen (secondary N) is 2. The molecule has 3 atom stereocenters. The molecular weight excluding hydrogens is 625 g/mol. The second kappa shape index (κ2) is 12.6. The minimum atomic E-state index is -1.15. The number of benzene rings is 3. The van der Waals surface area contributed by atoms with E-state index >= 15 is 13.2 Å². The van der Waals surface area contributed by atoms with E-state index in [4.69, 9.17) is 4.74 Å². The van der Waals surface area contributed by atoms with Crippen molar-refractivity contribution in [1.82, 2.24) is 29.9 Å². The van der Waals surface area contributed by atoms with Crippen molar-refractivity contribution in [3.8, 4) is 22.9 Å². The topological polar surface area (TPSA) is 142 Å². The summed E-state index contributed by atoms with van der Waals surface area (Å²) in [5.41, 5.74) is 2.22. The Kier molecular flexibility index (Phi) is 8.21. The number of aromatic nitrogens is 6. The zero-order chi connectivity index (χ0) is 33.5. The summed E-state index contributed by atoms with van der Waals surface area (Å²) >= 11 is 0. The van der Waals surface area contributed by atoms with Crippen LogP contribution in [0.1, 0.15) is 78.6 Å². The first kappa shape index (κ1) is 31.2. The van der Waals surface area contributed by atoms with Crippen molar-refractivity contribution in [2.24, 2.45) is 0 Å². The lowest BCUT2D eigenvalue weighted by molar-refractivity contribution is -0.138. The van der Waals surface area contributed by atoms with Gasteiger partial charge in [-0.1, -0.05) is 36.3 Å². The second-order valence-electron chi connectivity index (χ2n) is 12.0. The summed E-state index contributed by atoms with van der Waals surface area (Å²) in [6, 6.07) is 11.8. The number of fused-ring (bicyclic) bond motifs is 10. The molecule has 0 fully saturated rings. The molecule has 0 spiro atoms. The van der Waals surface area contributed by atoms with Crippen LogP contribution in [0.2, 0.25) is 0 Å². The van der Waals surface area contributed by atoms with E-state index in [1.807, 2.05) is 0 Å². The van der Waals surface area contributed by atoms with E-state index in [-0.39, 0.29) is 40.6 Å². The van der Waals surface area contributed by atoms with Gasteiger partial charge >= 0.3 is 5.97 Å². The molecule has 4 N–H and O–H groups in total. The van der Waals surface area contributed by atoms with Crippen molar-refractivity contribution < 1.29 is 32.9 Å². The average molecular weight is 657 g/mol. The molecule has 48 heavy (non-hydrogen) atoms. The normalized spacial score (nSPS) is 17.5. The highest BCUT2D eigenvalue weighted by Gasteiger charge is 2.27. The van der Waals surface area contributed by atoms with Crippen LogP contribution in [-0.2, 0) is 11.3 Å². The molecule has 6 aromatic rings. The van der Waals surface area contributed by atoms with Crippen molar-refractivity contribution in [3.63, 3.8) is 0 Å². The minimum absolute atomic E-state index is 0.0501. The first-order valence-electron chi connectivity index (χ1n) is 15.6. The third kappa shape index (κ3) is 5.81. The number of carboxylic acids is 1. The SMILES string of the molecule is CC(C(=O)O)c1cccc(C2CCCCC(O)c3cn(nn3)Cc3c(c(F)cc4[nH]ccc34)Oc3ccc(F)c(c3)-c3ncc2[nH]3)c1F. The standard InChI is InChI=1S/C35H31F3N6O4/c1-18(35(46)47)20-6-4-7-23(32(20)38)21-5-2-3-8-31(45)30-17-44(43-42-30)16-25-22-11-12-39-28(22)14-27(37)33(25)48-19-9-10-26(36)24(13-19)34-40-15-29(21)41-34/h4,6-7,9-15,17-18,21,31,39,45H,2-3,5,8,16H2,1H3,(H,40,41)(H,46,47). The fourth-order valence-corrected chi connectivity index (χ4v) is 6.33. The monoisotopic (exact) mass is 656 g/mol. The van der Waals surface area contributed by atoms with Crippen LogP contribution >= 0.6 is 0 Å². The van der Waals surface area contributed by atoms with E-state index in [1.165, 1.54) is 48.1 Å². The molecule has 6 bridgehead atoms. The number of carbonyl (C=O) groups is 1. The van der Waals surface area contributed by atoms with Crippen molar-refractivity contribution in [2.45, 2.75) is 57.1 Å². The number of aromatic amines is 2. The molecule has 3 aromatic heterocycles. The number of halogens is 3. The molecule has 3 unspecified atom stereocenters. The highest BCUT2D eigenvalue weighted by molar-refractivity contribution is 5.85. The van der Waals surface area contributed by atoms with E-state index in [1.54, 1.807) is 30.6 Å². The first-order valence-corrected chi connectivity index (χ1v) is 15.6. The molecule has 0 radical (unpaired) electrons. The van der Waals surface area contributed by atoms with Gasteiger partial charge in [-0.3, -0.25) is 4.79 Å². The Morgan fingerprint density at radius 3 is 2.75 bits per heavy atom. The van der Waals surface area contributed by atoms with Crippen LogP contribution in [0.25, 0.3) is 22.3 Å². The van der Waals surface area contributed by atoms with Gasteiger partial charge in [-0.15, -0.1) is 5.10 Å². The average Bonchev–Trinajstić information content (AvgIpc) is 3.85. The number of imidazole rings is 1. The summed E-state index contributed by atoms with van der Waals surface area (Å²) in [6.07, 6.45) is 5.70. The smallest absolute Gasteiger partial charge is 0.310 e. The number of aliphatic hydroxyl groups is 1. The van der Waals surface area contributed by atoms with E-state index in [0.29, 0.717) is 53.5 Å². The van der Waals surface area contributed by atoms with Gasteiger partial charge in [-0.05, 0) is 49.6 Å². The molecule has 0 saturated heterocycles. The van der Waals surface area contributed by atoms with Gasteiger partial charge in [0.25, 0.3) is 0 Å². The number of ether oxygens (including phenoxy) is 1. The number of carboxylic acid groups (broad SMARTS) is 1. The molecule has 246 valence electrons. The predicted octanol–water partition coefficient (Wildman–Crippen LogP) is 7.33. The highest BCUT2D eigenvalue weighted by atomic mass is 19.1. The third-order valence-electron chi connectivity index (χ3n) is 8.96. The second-order valence-corrected chi connectivity index (χ2v) is 12.0. The van der Waals surface area contributed by atoms with Crippen LogP contribution in [0.15, 0.2) is 67.1 Å². The van der Waals surface area contributed by atoms with Gasteiger partial charge in [0.1, 0.15) is 28.9 Å². The number of aliphatic hydroxyl groups excluding tert-OH is 1.